The van der Waals surface area contributed by atoms with E-state index in [4.69, 9.17) is 9.05 Å². The van der Waals surface area contributed by atoms with Crippen molar-refractivity contribution in [1.29, 1.82) is 0 Å². The van der Waals surface area contributed by atoms with Gasteiger partial charge in [-0.15, -0.1) is 0 Å². The Morgan fingerprint density at radius 3 is 2.24 bits per heavy atom. The van der Waals surface area contributed by atoms with Crippen molar-refractivity contribution in [3.63, 3.8) is 0 Å². The van der Waals surface area contributed by atoms with E-state index in [1.54, 1.807) is 20.8 Å². The van der Waals surface area contributed by atoms with Gasteiger partial charge in [-0.25, -0.2) is 0 Å². The predicted octanol–water partition coefficient (Wildman–Crippen LogP) is 2.58. The van der Waals surface area contributed by atoms with Crippen LogP contribution >= 0.6 is 19.4 Å². The minimum atomic E-state index is -3.38. The lowest BCUT2D eigenvalue weighted by atomic mass is 10.3. The molecule has 0 fully saturated rings. The van der Waals surface area contributed by atoms with Crippen molar-refractivity contribution in [3.8, 4) is 0 Å². The van der Waals surface area contributed by atoms with Gasteiger partial charge < -0.3 is 0 Å². The summed E-state index contributed by atoms with van der Waals surface area (Å²) in [7, 11) is -4.59. The second-order valence-electron chi connectivity index (χ2n) is 4.37. The normalized spacial score (nSPS) is 17.5. The SMILES string of the molecule is CC(=O)SCOP(=O)(OCS(C)=O)C(C)(C)C. The van der Waals surface area contributed by atoms with Gasteiger partial charge in [-0.05, 0) is 20.8 Å². The molecule has 0 saturated carbocycles. The lowest BCUT2D eigenvalue weighted by Gasteiger charge is -2.29. The Bertz CT molecular complexity index is 337. The molecular weight excluding hydrogens is 283 g/mol. The second kappa shape index (κ2) is 7.04. The van der Waals surface area contributed by atoms with Crippen LogP contribution in [0.1, 0.15) is 27.7 Å². The fourth-order valence-corrected chi connectivity index (χ4v) is 3.68. The van der Waals surface area contributed by atoms with Crippen molar-refractivity contribution in [3.05, 3.63) is 0 Å². The first kappa shape index (κ1) is 17.3. The van der Waals surface area contributed by atoms with E-state index in [-0.39, 0.29) is 17.0 Å². The number of carbonyl (C=O) groups excluding carboxylic acids is 1. The van der Waals surface area contributed by atoms with Gasteiger partial charge in [-0.3, -0.25) is 22.6 Å². The van der Waals surface area contributed by atoms with Crippen LogP contribution in [0.25, 0.3) is 0 Å². The van der Waals surface area contributed by atoms with Crippen LogP contribution in [0.2, 0.25) is 0 Å². The van der Waals surface area contributed by atoms with Crippen molar-refractivity contribution in [2.75, 3.05) is 18.1 Å². The van der Waals surface area contributed by atoms with E-state index in [0.29, 0.717) is 0 Å². The van der Waals surface area contributed by atoms with Crippen molar-refractivity contribution in [1.82, 2.24) is 0 Å². The Balaban J connectivity index is 4.57. The number of hydrogen-bond donors (Lipinski definition) is 0. The first-order valence-electron chi connectivity index (χ1n) is 4.91. The zero-order valence-electron chi connectivity index (χ0n) is 10.7. The highest BCUT2D eigenvalue weighted by Crippen LogP contribution is 2.60. The molecule has 0 aliphatic heterocycles. The molecule has 2 atom stereocenters. The molecule has 5 nitrogen and oxygen atoms in total. The Morgan fingerprint density at radius 1 is 1.35 bits per heavy atom. The number of rotatable bonds is 6. The van der Waals surface area contributed by atoms with Gasteiger partial charge in [0.15, 0.2) is 5.12 Å². The molecule has 0 aliphatic carbocycles. The zero-order valence-corrected chi connectivity index (χ0v) is 13.2. The van der Waals surface area contributed by atoms with Crippen LogP contribution in [-0.4, -0.2) is 32.6 Å². The maximum atomic E-state index is 12.4. The molecule has 0 radical (unpaired) electrons. The highest BCUT2D eigenvalue weighted by atomic mass is 32.2. The van der Waals surface area contributed by atoms with Crippen LogP contribution in [0, 0.1) is 0 Å². The standard InChI is InChI=1S/C9H19O5PS2/c1-8(10)16-6-13-15(11,9(2,3)4)14-7-17(5)12/h6-7H2,1-5H3. The summed E-state index contributed by atoms with van der Waals surface area (Å²) >= 11 is 0.919. The third-order valence-corrected chi connectivity index (χ3v) is 5.72. The summed E-state index contributed by atoms with van der Waals surface area (Å²) in [5, 5.41) is -0.839. The van der Waals surface area contributed by atoms with Crippen LogP contribution in [0.4, 0.5) is 0 Å². The molecule has 0 aromatic rings. The highest BCUT2D eigenvalue weighted by molar-refractivity contribution is 8.13. The molecule has 0 amide bonds. The molecule has 102 valence electrons. The fraction of sp³-hybridized carbons (Fsp3) is 0.889. The summed E-state index contributed by atoms with van der Waals surface area (Å²) in [5.41, 5.74) is 0. The molecule has 0 aliphatic rings. The predicted molar refractivity (Wildman–Crippen MR) is 71.6 cm³/mol. The largest absolute Gasteiger partial charge is 0.337 e. The van der Waals surface area contributed by atoms with Gasteiger partial charge in [0.05, 0.1) is 5.16 Å². The minimum Gasteiger partial charge on any atom is -0.297 e. The second-order valence-corrected chi connectivity index (χ2v) is 9.71. The first-order chi connectivity index (χ1) is 7.58. The summed E-state index contributed by atoms with van der Waals surface area (Å²) in [4.78, 5) is 10.7. The molecule has 17 heavy (non-hydrogen) atoms. The van der Waals surface area contributed by atoms with Crippen LogP contribution < -0.4 is 0 Å². The van der Waals surface area contributed by atoms with E-state index >= 15 is 0 Å². The third kappa shape index (κ3) is 6.72. The summed E-state index contributed by atoms with van der Waals surface area (Å²) in [6, 6.07) is 0. The fourth-order valence-electron chi connectivity index (χ4n) is 0.747. The molecule has 0 saturated heterocycles. The molecule has 8 heteroatoms. The van der Waals surface area contributed by atoms with Gasteiger partial charge >= 0.3 is 7.60 Å². The summed E-state index contributed by atoms with van der Waals surface area (Å²) in [6.45, 7) is 6.54. The first-order valence-corrected chi connectivity index (χ1v) is 9.16. The highest BCUT2D eigenvalue weighted by Gasteiger charge is 2.40. The van der Waals surface area contributed by atoms with Crippen LogP contribution in [-0.2, 0) is 29.2 Å². The molecule has 0 heterocycles. The Kier molecular flexibility index (Phi) is 7.18. The van der Waals surface area contributed by atoms with E-state index in [9.17, 15) is 13.6 Å². The van der Waals surface area contributed by atoms with Crippen molar-refractivity contribution < 1.29 is 22.6 Å². The van der Waals surface area contributed by atoms with Gasteiger partial charge in [0.1, 0.15) is 11.9 Å². The van der Waals surface area contributed by atoms with Crippen molar-refractivity contribution >= 4 is 35.3 Å². The average Bonchev–Trinajstić information content (AvgIpc) is 2.12. The molecule has 0 N–H and O–H groups in total. The number of hydrogen-bond acceptors (Lipinski definition) is 6. The van der Waals surface area contributed by atoms with E-state index in [0.717, 1.165) is 11.8 Å². The van der Waals surface area contributed by atoms with Crippen molar-refractivity contribution in [2.24, 2.45) is 0 Å². The van der Waals surface area contributed by atoms with E-state index in [1.165, 1.54) is 13.2 Å². The lowest BCUT2D eigenvalue weighted by molar-refractivity contribution is -0.109. The van der Waals surface area contributed by atoms with Gasteiger partial charge in [0, 0.05) is 24.0 Å². The van der Waals surface area contributed by atoms with Gasteiger partial charge in [0.2, 0.25) is 0 Å². The van der Waals surface area contributed by atoms with Gasteiger partial charge in [-0.2, -0.15) is 0 Å². The topological polar surface area (TPSA) is 69.7 Å². The third-order valence-electron chi connectivity index (χ3n) is 1.70. The number of thioether (sulfide) groups is 1. The lowest BCUT2D eigenvalue weighted by Crippen LogP contribution is -2.20. The smallest absolute Gasteiger partial charge is 0.297 e. The monoisotopic (exact) mass is 302 g/mol. The Labute approximate surface area is 109 Å². The van der Waals surface area contributed by atoms with Crippen LogP contribution in [0.15, 0.2) is 0 Å². The number of carbonyl (C=O) groups is 1. The maximum Gasteiger partial charge on any atom is 0.337 e. The molecular formula is C9H19O5PS2. The van der Waals surface area contributed by atoms with Crippen molar-refractivity contribution in [2.45, 2.75) is 32.9 Å². The summed E-state index contributed by atoms with van der Waals surface area (Å²) in [5.74, 6) is -0.167. The zero-order chi connectivity index (χ0) is 13.7. The summed E-state index contributed by atoms with van der Waals surface area (Å²) in [6.07, 6.45) is 1.46. The summed E-state index contributed by atoms with van der Waals surface area (Å²) < 4.78 is 33.7. The van der Waals surface area contributed by atoms with E-state index < -0.39 is 23.6 Å². The Morgan fingerprint density at radius 2 is 1.88 bits per heavy atom. The van der Waals surface area contributed by atoms with Crippen LogP contribution in [0.3, 0.4) is 0 Å². The molecule has 2 unspecified atom stereocenters. The minimum absolute atomic E-state index is 0.0275. The average molecular weight is 302 g/mol. The molecule has 0 bridgehead atoms. The Hall–Kier alpha value is 0.320. The van der Waals surface area contributed by atoms with Gasteiger partial charge in [0.25, 0.3) is 0 Å². The quantitative estimate of drug-likeness (QED) is 0.555. The molecule has 0 aromatic heterocycles. The van der Waals surface area contributed by atoms with E-state index in [1.807, 2.05) is 0 Å². The molecule has 0 rings (SSSR count). The molecule has 0 spiro atoms. The molecule has 0 aromatic carbocycles. The maximum absolute atomic E-state index is 12.4. The van der Waals surface area contributed by atoms with Crippen LogP contribution in [0.5, 0.6) is 0 Å². The van der Waals surface area contributed by atoms with E-state index in [2.05, 4.69) is 0 Å². The van der Waals surface area contributed by atoms with Gasteiger partial charge in [-0.1, -0.05) is 11.8 Å².